The summed E-state index contributed by atoms with van der Waals surface area (Å²) in [6.07, 6.45) is -2.87. The van der Waals surface area contributed by atoms with E-state index in [0.717, 1.165) is 9.80 Å². The van der Waals surface area contributed by atoms with Crippen LogP contribution in [-0.4, -0.2) is 99.4 Å². The smallest absolute Gasteiger partial charge is 0.339 e. The third-order valence-corrected chi connectivity index (χ3v) is 9.52. The quantitative estimate of drug-likeness (QED) is 0.101. The van der Waals surface area contributed by atoms with Crippen LogP contribution in [0.2, 0.25) is 0 Å². The van der Waals surface area contributed by atoms with Gasteiger partial charge in [0.15, 0.2) is 0 Å². The van der Waals surface area contributed by atoms with Gasteiger partial charge in [0.1, 0.15) is 25.1 Å². The second-order valence-corrected chi connectivity index (χ2v) is 17.1. The van der Waals surface area contributed by atoms with Crippen LogP contribution in [-0.2, 0) is 23.0 Å². The van der Waals surface area contributed by atoms with Crippen LogP contribution in [0.1, 0.15) is 48.0 Å². The summed E-state index contributed by atoms with van der Waals surface area (Å²) in [5.74, 6) is -0.699. The van der Waals surface area contributed by atoms with Crippen LogP contribution < -0.4 is 0 Å². The van der Waals surface area contributed by atoms with Crippen LogP contribution >= 0.6 is 30.4 Å². The zero-order chi connectivity index (χ0) is 29.7. The van der Waals surface area contributed by atoms with Gasteiger partial charge in [0.05, 0.1) is 12.2 Å². The van der Waals surface area contributed by atoms with E-state index in [2.05, 4.69) is 0 Å². The molecule has 0 rings (SSSR count). The first-order valence-corrected chi connectivity index (χ1v) is 18.6. The molecule has 37 heavy (non-hydrogen) atoms. The fourth-order valence-corrected chi connectivity index (χ4v) is 7.02. The Labute approximate surface area is 218 Å². The monoisotopic (exact) mass is 620 g/mol. The summed E-state index contributed by atoms with van der Waals surface area (Å²) in [6, 6.07) is 0. The molecule has 0 saturated carbocycles. The van der Waals surface area contributed by atoms with Crippen molar-refractivity contribution in [3.63, 3.8) is 0 Å². The highest BCUT2D eigenvalue weighted by Gasteiger charge is 2.38. The Kier molecular flexibility index (Phi) is 14.1. The Hall–Kier alpha value is 0.480. The summed E-state index contributed by atoms with van der Waals surface area (Å²) in [6.45, 7) is 10.7. The first-order chi connectivity index (χ1) is 16.2. The van der Waals surface area contributed by atoms with Gasteiger partial charge >= 0.3 is 30.4 Å². The van der Waals surface area contributed by atoms with E-state index in [4.69, 9.17) is 4.74 Å². The highest BCUT2D eigenvalue weighted by molar-refractivity contribution is 7.53. The molecule has 3 atom stereocenters. The largest absolute Gasteiger partial charge is 0.375 e. The molecule has 0 fully saturated rings. The topological polar surface area (TPSA) is 246 Å². The lowest BCUT2D eigenvalue weighted by molar-refractivity contribution is -0.102. The number of ether oxygens (including phenoxy) is 1. The molecule has 19 heteroatoms. The Balaban J connectivity index is 5.53. The van der Waals surface area contributed by atoms with E-state index in [1.54, 1.807) is 27.7 Å². The van der Waals surface area contributed by atoms with E-state index >= 15 is 0 Å². The molecule has 3 unspecified atom stereocenters. The lowest BCUT2D eigenvalue weighted by Crippen LogP contribution is -2.45. The minimum Gasteiger partial charge on any atom is -0.375 e. The molecule has 0 radical (unpaired) electrons. The Morgan fingerprint density at radius 1 is 0.676 bits per heavy atom. The molecular weight excluding hydrogens is 576 g/mol. The van der Waals surface area contributed by atoms with E-state index in [1.165, 1.54) is 0 Å². The standard InChI is InChI=1S/C18H44N2O13P4/c1-7-18(6,15(2)8-19(11-34(21,22)23)12-35(24,25)26)33-9-16(3)17(4,5)10-20(13-36(27,28)29)14-37(30,31)32/h15-16H,7-14H2,1-6H3,(H2,21,22,23)(H2,24,25,26)(H2,27,28,29)(H2,30,31,32). The van der Waals surface area contributed by atoms with Crippen LogP contribution in [0.3, 0.4) is 0 Å². The van der Waals surface area contributed by atoms with Crippen LogP contribution in [0.5, 0.6) is 0 Å². The average molecular weight is 620 g/mol. The van der Waals surface area contributed by atoms with Gasteiger partial charge in [-0.05, 0) is 30.6 Å². The van der Waals surface area contributed by atoms with E-state index in [1.807, 2.05) is 13.8 Å². The van der Waals surface area contributed by atoms with Gasteiger partial charge in [0.25, 0.3) is 0 Å². The zero-order valence-corrected chi connectivity index (χ0v) is 25.7. The summed E-state index contributed by atoms with van der Waals surface area (Å²) in [4.78, 5) is 76.6. The predicted molar refractivity (Wildman–Crippen MR) is 138 cm³/mol. The maximum Gasteiger partial charge on any atom is 0.339 e. The summed E-state index contributed by atoms with van der Waals surface area (Å²) >= 11 is 0. The molecule has 8 N–H and O–H groups in total. The van der Waals surface area contributed by atoms with Crippen LogP contribution in [0.15, 0.2) is 0 Å². The molecule has 0 saturated heterocycles. The lowest BCUT2D eigenvalue weighted by atomic mass is 9.79. The van der Waals surface area contributed by atoms with Gasteiger partial charge in [-0.25, -0.2) is 0 Å². The normalized spacial score (nSPS) is 17.7. The van der Waals surface area contributed by atoms with Crippen molar-refractivity contribution in [1.82, 2.24) is 9.80 Å². The molecule has 0 bridgehead atoms. The summed E-state index contributed by atoms with van der Waals surface area (Å²) < 4.78 is 52.1. The van der Waals surface area contributed by atoms with Crippen molar-refractivity contribution >= 4 is 30.4 Å². The zero-order valence-electron chi connectivity index (χ0n) is 22.1. The van der Waals surface area contributed by atoms with Gasteiger partial charge in [-0.3, -0.25) is 28.1 Å². The van der Waals surface area contributed by atoms with Gasteiger partial charge in [0.2, 0.25) is 0 Å². The van der Waals surface area contributed by atoms with Crippen LogP contribution in [0.4, 0.5) is 0 Å². The molecule has 0 spiro atoms. The highest BCUT2D eigenvalue weighted by atomic mass is 31.2. The molecule has 0 aromatic heterocycles. The van der Waals surface area contributed by atoms with Crippen LogP contribution in [0, 0.1) is 17.3 Å². The second kappa shape index (κ2) is 13.9. The van der Waals surface area contributed by atoms with Gasteiger partial charge in [0, 0.05) is 13.1 Å². The van der Waals surface area contributed by atoms with Crippen LogP contribution in [0.25, 0.3) is 0 Å². The lowest BCUT2D eigenvalue weighted by Gasteiger charge is -2.41. The fraction of sp³-hybridized carbons (Fsp3) is 1.00. The van der Waals surface area contributed by atoms with E-state index in [0.29, 0.717) is 6.42 Å². The second-order valence-electron chi connectivity index (χ2n) is 10.7. The fourth-order valence-electron chi connectivity index (χ4n) is 3.79. The number of rotatable bonds is 18. The number of hydrogen-bond donors (Lipinski definition) is 8. The summed E-state index contributed by atoms with van der Waals surface area (Å²) in [5.41, 5.74) is -1.58. The molecule has 0 aliphatic carbocycles. The minimum absolute atomic E-state index is 0.0511. The van der Waals surface area contributed by atoms with Crippen molar-refractivity contribution in [2.24, 2.45) is 17.3 Å². The summed E-state index contributed by atoms with van der Waals surface area (Å²) in [5, 5.41) is 0. The molecule has 224 valence electrons. The van der Waals surface area contributed by atoms with Crippen molar-refractivity contribution < 1.29 is 62.1 Å². The molecule has 0 amide bonds. The highest BCUT2D eigenvalue weighted by Crippen LogP contribution is 2.44. The van der Waals surface area contributed by atoms with Gasteiger partial charge in [-0.15, -0.1) is 0 Å². The molecule has 0 aromatic rings. The first kappa shape index (κ1) is 37.5. The third kappa shape index (κ3) is 17.0. The molecule has 0 aliphatic rings. The van der Waals surface area contributed by atoms with Crippen molar-refractivity contribution in [3.05, 3.63) is 0 Å². The van der Waals surface area contributed by atoms with Gasteiger partial charge in [-0.2, -0.15) is 0 Å². The molecule has 0 aliphatic heterocycles. The SMILES string of the molecule is CCC(C)(OCC(C)C(C)(C)CN(CP(=O)(O)O)CP(=O)(O)O)C(C)CN(CP(=O)(O)O)CP(=O)(O)O. The Bertz CT molecular complexity index is 863. The van der Waals surface area contributed by atoms with Crippen molar-refractivity contribution in [3.8, 4) is 0 Å². The molecular formula is C18H44N2O13P4. The predicted octanol–water partition coefficient (Wildman–Crippen LogP) is 1.61. The molecule has 0 aromatic carbocycles. The maximum absolute atomic E-state index is 11.5. The Morgan fingerprint density at radius 2 is 1.03 bits per heavy atom. The Morgan fingerprint density at radius 3 is 1.35 bits per heavy atom. The number of hydrogen-bond acceptors (Lipinski definition) is 7. The van der Waals surface area contributed by atoms with E-state index in [-0.39, 0.29) is 25.6 Å². The molecule has 0 heterocycles. The van der Waals surface area contributed by atoms with Gasteiger partial charge < -0.3 is 43.9 Å². The number of nitrogens with zero attached hydrogens (tertiary/aromatic N) is 2. The summed E-state index contributed by atoms with van der Waals surface area (Å²) in [7, 11) is -18.4. The van der Waals surface area contributed by atoms with Crippen molar-refractivity contribution in [2.75, 3.05) is 44.8 Å². The van der Waals surface area contributed by atoms with E-state index in [9.17, 15) is 57.4 Å². The van der Waals surface area contributed by atoms with Crippen molar-refractivity contribution in [1.29, 1.82) is 0 Å². The van der Waals surface area contributed by atoms with Crippen molar-refractivity contribution in [2.45, 2.75) is 53.6 Å². The minimum atomic E-state index is -4.60. The molecule has 15 nitrogen and oxygen atoms in total. The first-order valence-electron chi connectivity index (χ1n) is 11.4. The van der Waals surface area contributed by atoms with E-state index < -0.39 is 72.5 Å². The van der Waals surface area contributed by atoms with Gasteiger partial charge in [-0.1, -0.05) is 34.6 Å². The average Bonchev–Trinajstić information content (AvgIpc) is 2.59. The maximum atomic E-state index is 11.5. The third-order valence-electron chi connectivity index (χ3n) is 6.44.